The molecule has 0 heterocycles. The number of aliphatic carboxylic acids is 1. The van der Waals surface area contributed by atoms with Crippen LogP contribution in [0.1, 0.15) is 18.4 Å². The third kappa shape index (κ3) is 3.34. The fourth-order valence-corrected chi connectivity index (χ4v) is 2.10. The summed E-state index contributed by atoms with van der Waals surface area (Å²) in [5.74, 6) is 0.00917. The molecule has 0 saturated carbocycles. The molecule has 1 atom stereocenters. The fourth-order valence-electron chi connectivity index (χ4n) is 2.10. The molecule has 2 aromatic carbocycles. The summed E-state index contributed by atoms with van der Waals surface area (Å²) in [4.78, 5) is 11.1. The van der Waals surface area contributed by atoms with E-state index in [4.69, 9.17) is 14.6 Å². The normalized spacial score (nSPS) is 11.8. The van der Waals surface area contributed by atoms with Crippen molar-refractivity contribution in [3.63, 3.8) is 0 Å². The molecule has 0 spiro atoms. The van der Waals surface area contributed by atoms with Crippen molar-refractivity contribution in [3.8, 4) is 22.6 Å². The minimum absolute atomic E-state index is 0.544. The van der Waals surface area contributed by atoms with Crippen LogP contribution in [0.3, 0.4) is 0 Å². The van der Waals surface area contributed by atoms with E-state index in [-0.39, 0.29) is 0 Å². The molecule has 0 fully saturated rings. The molecule has 0 aliphatic carbocycles. The topological polar surface area (TPSA) is 55.8 Å². The average Bonchev–Trinajstić information content (AvgIpc) is 2.53. The first-order valence-corrected chi connectivity index (χ1v) is 6.61. The number of ether oxygens (including phenoxy) is 2. The van der Waals surface area contributed by atoms with E-state index in [0.29, 0.717) is 11.5 Å². The highest BCUT2D eigenvalue weighted by Crippen LogP contribution is 2.31. The van der Waals surface area contributed by atoms with Crippen LogP contribution in [0.25, 0.3) is 11.1 Å². The molecule has 0 bridgehead atoms. The first kappa shape index (κ1) is 14.9. The highest BCUT2D eigenvalue weighted by atomic mass is 16.5. The highest BCUT2D eigenvalue weighted by molar-refractivity contribution is 5.77. The van der Waals surface area contributed by atoms with Gasteiger partial charge in [0.25, 0.3) is 0 Å². The molecule has 1 unspecified atom stereocenters. The molecule has 1 N–H and O–H groups in total. The van der Waals surface area contributed by atoms with Crippen LogP contribution in [0.15, 0.2) is 42.5 Å². The third-order valence-electron chi connectivity index (χ3n) is 3.44. The Hall–Kier alpha value is -2.49. The second-order valence-electron chi connectivity index (χ2n) is 4.79. The lowest BCUT2D eigenvalue weighted by Gasteiger charge is -2.11. The van der Waals surface area contributed by atoms with Gasteiger partial charge in [-0.2, -0.15) is 0 Å². The van der Waals surface area contributed by atoms with Crippen molar-refractivity contribution in [3.05, 3.63) is 48.0 Å². The summed E-state index contributed by atoms with van der Waals surface area (Å²) in [5, 5.41) is 9.12. The maximum Gasteiger partial charge on any atom is 0.310 e. The maximum atomic E-state index is 11.1. The van der Waals surface area contributed by atoms with E-state index < -0.39 is 11.9 Å². The lowest BCUT2D eigenvalue weighted by molar-refractivity contribution is -0.138. The van der Waals surface area contributed by atoms with E-state index in [1.54, 1.807) is 27.2 Å². The summed E-state index contributed by atoms with van der Waals surface area (Å²) >= 11 is 0. The largest absolute Gasteiger partial charge is 0.497 e. The van der Waals surface area contributed by atoms with Gasteiger partial charge in [0, 0.05) is 6.07 Å². The van der Waals surface area contributed by atoms with Crippen LogP contribution in [-0.4, -0.2) is 25.3 Å². The number of benzene rings is 2. The molecular weight excluding hydrogens is 268 g/mol. The second-order valence-corrected chi connectivity index (χ2v) is 4.79. The van der Waals surface area contributed by atoms with Crippen LogP contribution in [-0.2, 0) is 4.79 Å². The van der Waals surface area contributed by atoms with Gasteiger partial charge in [0.15, 0.2) is 0 Å². The number of hydrogen-bond acceptors (Lipinski definition) is 3. The summed E-state index contributed by atoms with van der Waals surface area (Å²) in [6.45, 7) is 1.67. The predicted molar refractivity (Wildman–Crippen MR) is 81.0 cm³/mol. The van der Waals surface area contributed by atoms with Gasteiger partial charge in [-0.3, -0.25) is 4.79 Å². The van der Waals surface area contributed by atoms with Gasteiger partial charge in [0.1, 0.15) is 11.5 Å². The number of carboxylic acid groups (broad SMARTS) is 1. The molecule has 0 aliphatic heterocycles. The zero-order valence-corrected chi connectivity index (χ0v) is 12.3. The smallest absolute Gasteiger partial charge is 0.310 e. The molecule has 21 heavy (non-hydrogen) atoms. The number of hydrogen-bond donors (Lipinski definition) is 1. The van der Waals surface area contributed by atoms with Gasteiger partial charge in [-0.15, -0.1) is 0 Å². The second kappa shape index (κ2) is 6.31. The first-order chi connectivity index (χ1) is 10.0. The van der Waals surface area contributed by atoms with Crippen LogP contribution < -0.4 is 9.47 Å². The Kier molecular flexibility index (Phi) is 4.48. The molecule has 0 radical (unpaired) electrons. The van der Waals surface area contributed by atoms with Crippen LogP contribution in [0.2, 0.25) is 0 Å². The van der Waals surface area contributed by atoms with E-state index in [1.165, 1.54) is 0 Å². The molecule has 0 aromatic heterocycles. The monoisotopic (exact) mass is 286 g/mol. The first-order valence-electron chi connectivity index (χ1n) is 6.61. The lowest BCUT2D eigenvalue weighted by Crippen LogP contribution is -2.07. The summed E-state index contributed by atoms with van der Waals surface area (Å²) in [5.41, 5.74) is 2.62. The Morgan fingerprint density at radius 3 is 2.14 bits per heavy atom. The number of rotatable bonds is 5. The molecule has 0 amide bonds. The molecule has 0 saturated heterocycles. The highest BCUT2D eigenvalue weighted by Gasteiger charge is 2.14. The quantitative estimate of drug-likeness (QED) is 0.913. The molecule has 4 nitrogen and oxygen atoms in total. The van der Waals surface area contributed by atoms with Gasteiger partial charge >= 0.3 is 5.97 Å². The Labute approximate surface area is 123 Å². The van der Waals surface area contributed by atoms with Gasteiger partial charge in [0.2, 0.25) is 0 Å². The zero-order valence-electron chi connectivity index (χ0n) is 12.3. The van der Waals surface area contributed by atoms with Crippen molar-refractivity contribution < 1.29 is 19.4 Å². The summed E-state index contributed by atoms with van der Waals surface area (Å²) in [6, 6.07) is 13.1. The van der Waals surface area contributed by atoms with Crippen LogP contribution in [0.5, 0.6) is 11.5 Å². The third-order valence-corrected chi connectivity index (χ3v) is 3.44. The van der Waals surface area contributed by atoms with Crippen molar-refractivity contribution in [2.75, 3.05) is 14.2 Å². The number of methoxy groups -OCH3 is 2. The molecule has 2 rings (SSSR count). The van der Waals surface area contributed by atoms with E-state index >= 15 is 0 Å². The minimum Gasteiger partial charge on any atom is -0.497 e. The summed E-state index contributed by atoms with van der Waals surface area (Å²) in [7, 11) is 3.20. The van der Waals surface area contributed by atoms with Crippen molar-refractivity contribution in [2.45, 2.75) is 12.8 Å². The molecule has 0 aliphatic rings. The van der Waals surface area contributed by atoms with Gasteiger partial charge in [-0.1, -0.05) is 24.3 Å². The van der Waals surface area contributed by atoms with Gasteiger partial charge in [-0.25, -0.2) is 0 Å². The van der Waals surface area contributed by atoms with Gasteiger partial charge in [-0.05, 0) is 35.7 Å². The van der Waals surface area contributed by atoms with Crippen molar-refractivity contribution in [1.29, 1.82) is 0 Å². The van der Waals surface area contributed by atoms with E-state index in [9.17, 15) is 4.79 Å². The van der Waals surface area contributed by atoms with E-state index in [0.717, 1.165) is 16.7 Å². The number of carbonyl (C=O) groups is 1. The Morgan fingerprint density at radius 2 is 1.62 bits per heavy atom. The van der Waals surface area contributed by atoms with E-state index in [2.05, 4.69) is 0 Å². The standard InChI is InChI=1S/C17H18O4/c1-11(17(18)19)12-5-4-6-13(7-12)14-8-15(20-2)10-16(9-14)21-3/h4-11H,1-3H3,(H,18,19). The Bertz CT molecular complexity index is 627. The molecule has 2 aromatic rings. The molecular formula is C17H18O4. The van der Waals surface area contributed by atoms with Gasteiger partial charge in [0.05, 0.1) is 20.1 Å². The summed E-state index contributed by atoms with van der Waals surface area (Å²) in [6.07, 6.45) is 0. The lowest BCUT2D eigenvalue weighted by atomic mass is 9.96. The zero-order chi connectivity index (χ0) is 15.4. The number of carboxylic acids is 1. The Morgan fingerprint density at radius 1 is 1.00 bits per heavy atom. The average molecular weight is 286 g/mol. The summed E-state index contributed by atoms with van der Waals surface area (Å²) < 4.78 is 10.5. The van der Waals surface area contributed by atoms with Crippen molar-refractivity contribution in [2.24, 2.45) is 0 Å². The molecule has 4 heteroatoms. The van der Waals surface area contributed by atoms with Crippen LogP contribution in [0.4, 0.5) is 0 Å². The predicted octanol–water partition coefficient (Wildman–Crippen LogP) is 3.56. The SMILES string of the molecule is COc1cc(OC)cc(-c2cccc(C(C)C(=O)O)c2)c1. The molecule has 110 valence electrons. The Balaban J connectivity index is 2.46. The fraction of sp³-hybridized carbons (Fsp3) is 0.235. The maximum absolute atomic E-state index is 11.1. The minimum atomic E-state index is -0.838. The van der Waals surface area contributed by atoms with Crippen LogP contribution >= 0.6 is 0 Å². The van der Waals surface area contributed by atoms with Crippen LogP contribution in [0, 0.1) is 0 Å². The van der Waals surface area contributed by atoms with Crippen molar-refractivity contribution >= 4 is 5.97 Å². The van der Waals surface area contributed by atoms with Gasteiger partial charge < -0.3 is 14.6 Å². The van der Waals surface area contributed by atoms with E-state index in [1.807, 2.05) is 36.4 Å². The van der Waals surface area contributed by atoms with Crippen molar-refractivity contribution in [1.82, 2.24) is 0 Å².